The molecular weight excluding hydrogens is 562 g/mol. The number of carbonyl (C=O) groups excluding carboxylic acids is 3. The molecule has 0 saturated carbocycles. The Morgan fingerprint density at radius 1 is 1.00 bits per heavy atom. The van der Waals surface area contributed by atoms with Gasteiger partial charge in [0.05, 0.1) is 10.5 Å². The molecule has 0 spiro atoms. The summed E-state index contributed by atoms with van der Waals surface area (Å²) in [6.45, 7) is 9.53. The minimum Gasteiger partial charge on any atom is -0.313 e. The molecule has 3 aromatic rings. The summed E-state index contributed by atoms with van der Waals surface area (Å²) in [5.41, 5.74) is 7.02. The van der Waals surface area contributed by atoms with Gasteiger partial charge in [-0.05, 0) is 62.2 Å². The minimum atomic E-state index is -3.83. The van der Waals surface area contributed by atoms with Crippen molar-refractivity contribution in [2.24, 2.45) is 0 Å². The van der Waals surface area contributed by atoms with Gasteiger partial charge < -0.3 is 5.32 Å². The van der Waals surface area contributed by atoms with Crippen molar-refractivity contribution in [3.8, 4) is 0 Å². The van der Waals surface area contributed by atoms with Crippen molar-refractivity contribution in [3.63, 3.8) is 0 Å². The number of anilines is 1. The molecule has 0 aliphatic carbocycles. The number of amides is 3. The molecule has 1 aliphatic rings. The quantitative estimate of drug-likeness (QED) is 0.323. The van der Waals surface area contributed by atoms with Gasteiger partial charge in [0.25, 0.3) is 11.8 Å². The molecule has 1 aliphatic heterocycles. The molecule has 2 heterocycles. The van der Waals surface area contributed by atoms with Crippen LogP contribution >= 0.6 is 11.3 Å². The first-order valence-corrected chi connectivity index (χ1v) is 15.7. The number of sulfonamides is 1. The number of hydrogen-bond acceptors (Lipinski definition) is 7. The summed E-state index contributed by atoms with van der Waals surface area (Å²) in [4.78, 5) is 40.9. The largest absolute Gasteiger partial charge is 0.313 e. The van der Waals surface area contributed by atoms with Crippen molar-refractivity contribution in [3.05, 3.63) is 81.7 Å². The highest BCUT2D eigenvalue weighted by atomic mass is 32.2. The van der Waals surface area contributed by atoms with Gasteiger partial charge in [-0.15, -0.1) is 11.3 Å². The van der Waals surface area contributed by atoms with Crippen molar-refractivity contribution in [2.45, 2.75) is 58.1 Å². The van der Waals surface area contributed by atoms with E-state index in [9.17, 15) is 22.8 Å². The number of likely N-dealkylation sites (N-methyl/N-ethyl adjacent to an activating group) is 1. The summed E-state index contributed by atoms with van der Waals surface area (Å²) >= 11 is 1.33. The Bertz CT molecular complexity index is 1520. The lowest BCUT2D eigenvalue weighted by molar-refractivity contribution is -0.119. The van der Waals surface area contributed by atoms with Gasteiger partial charge in [0.2, 0.25) is 15.9 Å². The maximum Gasteiger partial charge on any atom is 0.272 e. The summed E-state index contributed by atoms with van der Waals surface area (Å²) in [6, 6.07) is 14.9. The average molecular weight is 598 g/mol. The topological polar surface area (TPSA) is 128 Å². The predicted octanol–water partition coefficient (Wildman–Crippen LogP) is 3.76. The first kappa shape index (κ1) is 30.4. The van der Waals surface area contributed by atoms with Crippen molar-refractivity contribution in [1.29, 1.82) is 0 Å². The average Bonchev–Trinajstić information content (AvgIpc) is 3.31. The van der Waals surface area contributed by atoms with Crippen molar-refractivity contribution < 1.29 is 22.8 Å². The smallest absolute Gasteiger partial charge is 0.272 e. The normalized spacial score (nSPS) is 13.6. The number of fused-ring (bicyclic) bond motifs is 1. The number of benzene rings is 2. The third kappa shape index (κ3) is 7.02. The zero-order chi connectivity index (χ0) is 29.7. The molecule has 0 bridgehead atoms. The molecule has 218 valence electrons. The Hall–Kier alpha value is -3.58. The third-order valence-corrected chi connectivity index (χ3v) is 10.0. The Morgan fingerprint density at radius 3 is 2.29 bits per heavy atom. The Labute approximate surface area is 244 Å². The number of carbonyl (C=O) groups is 3. The van der Waals surface area contributed by atoms with Crippen LogP contribution in [0.2, 0.25) is 0 Å². The molecule has 0 fully saturated rings. The first-order valence-electron chi connectivity index (χ1n) is 13.4. The number of hydrogen-bond donors (Lipinski definition) is 3. The number of nitrogens with one attached hydrogen (secondary N) is 3. The van der Waals surface area contributed by atoms with E-state index < -0.39 is 27.7 Å². The molecule has 10 nitrogen and oxygen atoms in total. The highest BCUT2D eigenvalue weighted by Crippen LogP contribution is 2.37. The number of hydrazine groups is 1. The highest BCUT2D eigenvalue weighted by molar-refractivity contribution is 7.89. The van der Waals surface area contributed by atoms with Crippen LogP contribution in [0.4, 0.5) is 5.00 Å². The maximum atomic E-state index is 13.5. The highest BCUT2D eigenvalue weighted by Gasteiger charge is 2.30. The van der Waals surface area contributed by atoms with E-state index in [1.165, 1.54) is 46.8 Å². The van der Waals surface area contributed by atoms with Crippen molar-refractivity contribution >= 4 is 44.1 Å². The molecule has 2 aromatic carbocycles. The van der Waals surface area contributed by atoms with Crippen LogP contribution in [0.5, 0.6) is 0 Å². The predicted molar refractivity (Wildman–Crippen MR) is 159 cm³/mol. The van der Waals surface area contributed by atoms with E-state index in [-0.39, 0.29) is 23.0 Å². The van der Waals surface area contributed by atoms with Crippen LogP contribution in [-0.2, 0) is 34.3 Å². The second kappa shape index (κ2) is 12.9. The molecule has 0 saturated heterocycles. The Morgan fingerprint density at radius 2 is 1.68 bits per heavy atom. The van der Waals surface area contributed by atoms with Gasteiger partial charge >= 0.3 is 0 Å². The zero-order valence-electron chi connectivity index (χ0n) is 23.6. The van der Waals surface area contributed by atoms with E-state index in [2.05, 4.69) is 28.0 Å². The van der Waals surface area contributed by atoms with E-state index >= 15 is 0 Å². The Balaban J connectivity index is 1.56. The second-order valence-electron chi connectivity index (χ2n) is 10.1. The molecule has 3 amide bonds. The van der Waals surface area contributed by atoms with Gasteiger partial charge in [0.15, 0.2) is 0 Å². The Kier molecular flexibility index (Phi) is 9.59. The van der Waals surface area contributed by atoms with E-state index in [1.54, 1.807) is 0 Å². The van der Waals surface area contributed by atoms with Gasteiger partial charge in [0, 0.05) is 43.0 Å². The fourth-order valence-corrected chi connectivity index (χ4v) is 7.57. The summed E-state index contributed by atoms with van der Waals surface area (Å²) in [5.74, 6) is -1.40. The molecule has 1 aromatic heterocycles. The van der Waals surface area contributed by atoms with Crippen molar-refractivity contribution in [2.75, 3.05) is 18.4 Å². The van der Waals surface area contributed by atoms with Crippen molar-refractivity contribution in [1.82, 2.24) is 20.1 Å². The molecule has 12 heteroatoms. The van der Waals surface area contributed by atoms with Crippen LogP contribution in [0, 0.1) is 0 Å². The first-order chi connectivity index (χ1) is 19.5. The molecule has 0 atom stereocenters. The van der Waals surface area contributed by atoms with Crippen LogP contribution in [0.3, 0.4) is 0 Å². The second-order valence-corrected chi connectivity index (χ2v) is 13.1. The monoisotopic (exact) mass is 597 g/mol. The van der Waals surface area contributed by atoms with Gasteiger partial charge in [-0.3, -0.25) is 30.1 Å². The SMILES string of the molecule is CCN1CCc2c(sc(NC(=O)c3ccc(S(=O)(=O)N(Cc4ccccc4)C(C)C)cc3)c2C(=O)NNC(C)=O)C1. The fourth-order valence-electron chi connectivity index (χ4n) is 4.66. The summed E-state index contributed by atoms with van der Waals surface area (Å²) in [6.07, 6.45) is 0.639. The third-order valence-electron chi connectivity index (χ3n) is 6.87. The van der Waals surface area contributed by atoms with Crippen LogP contribution in [0.25, 0.3) is 0 Å². The minimum absolute atomic E-state index is 0.0836. The lowest BCUT2D eigenvalue weighted by atomic mass is 10.0. The standard InChI is InChI=1S/C29H35N5O5S2/c1-5-33-16-15-24-25(18-33)40-29(26(24)28(37)32-31-20(4)35)30-27(36)22-11-13-23(14-12-22)41(38,39)34(19(2)3)17-21-9-7-6-8-10-21/h6-14,19H,5,15-18H2,1-4H3,(H,30,36)(H,31,35)(H,32,37). The number of thiophene rings is 1. The zero-order valence-corrected chi connectivity index (χ0v) is 25.2. The van der Waals surface area contributed by atoms with E-state index in [4.69, 9.17) is 0 Å². The molecular formula is C29H35N5O5S2. The summed E-state index contributed by atoms with van der Waals surface area (Å²) < 4.78 is 28.4. The van der Waals surface area contributed by atoms with E-state index in [0.717, 1.165) is 29.1 Å². The molecule has 0 radical (unpaired) electrons. The van der Waals surface area contributed by atoms with Gasteiger partial charge in [-0.25, -0.2) is 8.42 Å². The summed E-state index contributed by atoms with van der Waals surface area (Å²) in [5, 5.41) is 3.23. The molecule has 4 rings (SSSR count). The van der Waals surface area contributed by atoms with Gasteiger partial charge in [-0.2, -0.15) is 4.31 Å². The van der Waals surface area contributed by atoms with Gasteiger partial charge in [0.1, 0.15) is 5.00 Å². The summed E-state index contributed by atoms with van der Waals surface area (Å²) in [7, 11) is -3.83. The molecule has 0 unspecified atom stereocenters. The van der Waals surface area contributed by atoms with Gasteiger partial charge in [-0.1, -0.05) is 37.3 Å². The van der Waals surface area contributed by atoms with E-state index in [0.29, 0.717) is 23.5 Å². The van der Waals surface area contributed by atoms with Crippen LogP contribution in [0.15, 0.2) is 59.5 Å². The van der Waals surface area contributed by atoms with E-state index in [1.807, 2.05) is 44.2 Å². The molecule has 41 heavy (non-hydrogen) atoms. The fraction of sp³-hybridized carbons (Fsp3) is 0.345. The number of nitrogens with zero attached hydrogens (tertiary/aromatic N) is 2. The maximum absolute atomic E-state index is 13.5. The van der Waals surface area contributed by atoms with Crippen LogP contribution < -0.4 is 16.2 Å². The van der Waals surface area contributed by atoms with Crippen LogP contribution in [0.1, 0.15) is 64.4 Å². The lowest BCUT2D eigenvalue weighted by Crippen LogP contribution is -2.41. The lowest BCUT2D eigenvalue weighted by Gasteiger charge is -2.26. The molecule has 3 N–H and O–H groups in total. The van der Waals surface area contributed by atoms with Crippen LogP contribution in [-0.4, -0.2) is 54.5 Å². The number of rotatable bonds is 9.